The van der Waals surface area contributed by atoms with Crippen molar-refractivity contribution in [2.75, 3.05) is 6.79 Å². The van der Waals surface area contributed by atoms with Crippen molar-refractivity contribution in [3.05, 3.63) is 41.7 Å². The molecule has 0 atom stereocenters. The fraction of sp³-hybridized carbons (Fsp3) is 0.167. The zero-order chi connectivity index (χ0) is 12.5. The molecular formula is C12H10N2O4. The monoisotopic (exact) mass is 246 g/mol. The molecule has 1 aliphatic rings. The number of fused-ring (bicyclic) bond motifs is 1. The first-order valence-electron chi connectivity index (χ1n) is 5.36. The molecule has 1 aromatic carbocycles. The molecule has 1 aromatic heterocycles. The van der Waals surface area contributed by atoms with Crippen molar-refractivity contribution in [2.45, 2.75) is 6.54 Å². The van der Waals surface area contributed by atoms with E-state index in [-0.39, 0.29) is 12.4 Å². The highest BCUT2D eigenvalue weighted by molar-refractivity contribution is 5.86. The average molecular weight is 246 g/mol. The van der Waals surface area contributed by atoms with Crippen LogP contribution in [0.25, 0.3) is 0 Å². The van der Waals surface area contributed by atoms with Gasteiger partial charge in [-0.15, -0.1) is 0 Å². The third-order valence-electron chi connectivity index (χ3n) is 2.66. The third-order valence-corrected chi connectivity index (χ3v) is 2.66. The number of aromatic nitrogens is 2. The minimum atomic E-state index is -0.980. The first-order chi connectivity index (χ1) is 8.72. The minimum Gasteiger partial charge on any atom is -0.478 e. The van der Waals surface area contributed by atoms with Crippen LogP contribution in [0.3, 0.4) is 0 Å². The maximum Gasteiger partial charge on any atom is 0.338 e. The van der Waals surface area contributed by atoms with Crippen molar-refractivity contribution in [1.29, 1.82) is 0 Å². The Morgan fingerprint density at radius 3 is 3.00 bits per heavy atom. The first-order valence-corrected chi connectivity index (χ1v) is 5.36. The molecule has 2 heterocycles. The van der Waals surface area contributed by atoms with Gasteiger partial charge in [-0.3, -0.25) is 4.68 Å². The van der Waals surface area contributed by atoms with E-state index in [1.54, 1.807) is 4.68 Å². The summed E-state index contributed by atoms with van der Waals surface area (Å²) >= 11 is 0. The van der Waals surface area contributed by atoms with Crippen LogP contribution in [0, 0.1) is 0 Å². The summed E-state index contributed by atoms with van der Waals surface area (Å²) in [6.45, 7) is 0.730. The molecule has 6 heteroatoms. The molecule has 1 N–H and O–H groups in total. The molecule has 0 radical (unpaired) electrons. The smallest absolute Gasteiger partial charge is 0.338 e. The molecule has 1 aliphatic heterocycles. The van der Waals surface area contributed by atoms with Crippen LogP contribution in [0.5, 0.6) is 11.5 Å². The summed E-state index contributed by atoms with van der Waals surface area (Å²) in [7, 11) is 0. The van der Waals surface area contributed by atoms with Crippen molar-refractivity contribution in [1.82, 2.24) is 9.78 Å². The fourth-order valence-corrected chi connectivity index (χ4v) is 1.79. The zero-order valence-corrected chi connectivity index (χ0v) is 9.37. The molecule has 3 rings (SSSR count). The average Bonchev–Trinajstić information content (AvgIpc) is 2.96. The molecule has 0 bridgehead atoms. The number of rotatable bonds is 3. The highest BCUT2D eigenvalue weighted by Crippen LogP contribution is 2.32. The Bertz CT molecular complexity index is 606. The van der Waals surface area contributed by atoms with Gasteiger partial charge >= 0.3 is 5.97 Å². The Hall–Kier alpha value is -2.50. The van der Waals surface area contributed by atoms with Gasteiger partial charge in [0.1, 0.15) is 0 Å². The number of carboxylic acids is 1. The van der Waals surface area contributed by atoms with Crippen molar-refractivity contribution < 1.29 is 19.4 Å². The summed E-state index contributed by atoms with van der Waals surface area (Å²) in [6, 6.07) is 5.60. The lowest BCUT2D eigenvalue weighted by atomic mass is 10.2. The number of carbonyl (C=O) groups is 1. The van der Waals surface area contributed by atoms with E-state index in [0.717, 1.165) is 11.3 Å². The van der Waals surface area contributed by atoms with E-state index in [2.05, 4.69) is 5.10 Å². The van der Waals surface area contributed by atoms with Gasteiger partial charge < -0.3 is 14.6 Å². The standard InChI is InChI=1S/C12H10N2O4/c15-12(16)9-4-13-14(6-9)5-8-1-2-10-11(3-8)18-7-17-10/h1-4,6H,5,7H2,(H,15,16). The quantitative estimate of drug-likeness (QED) is 0.885. The molecule has 0 saturated carbocycles. The molecule has 6 nitrogen and oxygen atoms in total. The van der Waals surface area contributed by atoms with Gasteiger partial charge in [0, 0.05) is 6.20 Å². The molecule has 18 heavy (non-hydrogen) atoms. The van der Waals surface area contributed by atoms with Crippen molar-refractivity contribution in [3.63, 3.8) is 0 Å². The second-order valence-corrected chi connectivity index (χ2v) is 3.92. The molecule has 0 amide bonds. The molecule has 0 unspecified atom stereocenters. The number of aromatic carboxylic acids is 1. The van der Waals surface area contributed by atoms with Crippen molar-refractivity contribution in [2.24, 2.45) is 0 Å². The maximum absolute atomic E-state index is 10.7. The van der Waals surface area contributed by atoms with Crippen LogP contribution in [-0.4, -0.2) is 27.6 Å². The van der Waals surface area contributed by atoms with E-state index in [1.165, 1.54) is 12.4 Å². The number of hydrogen-bond acceptors (Lipinski definition) is 4. The maximum atomic E-state index is 10.7. The van der Waals surface area contributed by atoms with Crippen LogP contribution in [0.2, 0.25) is 0 Å². The topological polar surface area (TPSA) is 73.6 Å². The number of hydrogen-bond donors (Lipinski definition) is 1. The van der Waals surface area contributed by atoms with Gasteiger partial charge in [-0.2, -0.15) is 5.10 Å². The van der Waals surface area contributed by atoms with Crippen LogP contribution >= 0.6 is 0 Å². The van der Waals surface area contributed by atoms with Gasteiger partial charge in [-0.05, 0) is 17.7 Å². The molecule has 0 fully saturated rings. The molecular weight excluding hydrogens is 236 g/mol. The van der Waals surface area contributed by atoms with Gasteiger partial charge in [0.15, 0.2) is 11.5 Å². The molecule has 92 valence electrons. The second kappa shape index (κ2) is 4.06. The highest BCUT2D eigenvalue weighted by atomic mass is 16.7. The lowest BCUT2D eigenvalue weighted by Gasteiger charge is -2.03. The lowest BCUT2D eigenvalue weighted by molar-refractivity contribution is 0.0696. The summed E-state index contributed by atoms with van der Waals surface area (Å²) in [5.41, 5.74) is 1.15. The van der Waals surface area contributed by atoms with Gasteiger partial charge in [0.25, 0.3) is 0 Å². The molecule has 0 aliphatic carbocycles. The Balaban J connectivity index is 1.81. The highest BCUT2D eigenvalue weighted by Gasteiger charge is 2.13. The summed E-state index contributed by atoms with van der Waals surface area (Å²) in [5, 5.41) is 12.8. The third kappa shape index (κ3) is 1.88. The molecule has 0 spiro atoms. The summed E-state index contributed by atoms with van der Waals surface area (Å²) in [6.07, 6.45) is 2.82. The van der Waals surface area contributed by atoms with Crippen LogP contribution < -0.4 is 9.47 Å². The van der Waals surface area contributed by atoms with Crippen LogP contribution in [0.15, 0.2) is 30.6 Å². The summed E-state index contributed by atoms with van der Waals surface area (Å²) in [5.74, 6) is 0.454. The van der Waals surface area contributed by atoms with E-state index in [9.17, 15) is 4.79 Å². The molecule has 0 saturated heterocycles. The lowest BCUT2D eigenvalue weighted by Crippen LogP contribution is -2.00. The van der Waals surface area contributed by atoms with Gasteiger partial charge in [0.05, 0.1) is 18.3 Å². The van der Waals surface area contributed by atoms with Crippen molar-refractivity contribution >= 4 is 5.97 Å². The normalized spacial score (nSPS) is 12.7. The van der Waals surface area contributed by atoms with Crippen molar-refractivity contribution in [3.8, 4) is 11.5 Å². The fourth-order valence-electron chi connectivity index (χ4n) is 1.79. The number of nitrogens with zero attached hydrogens (tertiary/aromatic N) is 2. The van der Waals surface area contributed by atoms with Crippen LogP contribution in [0.4, 0.5) is 0 Å². The van der Waals surface area contributed by atoms with E-state index < -0.39 is 5.97 Å². The first kappa shape index (κ1) is 10.6. The zero-order valence-electron chi connectivity index (χ0n) is 9.37. The van der Waals surface area contributed by atoms with Crippen LogP contribution in [-0.2, 0) is 6.54 Å². The summed E-state index contributed by atoms with van der Waals surface area (Å²) < 4.78 is 12.1. The Morgan fingerprint density at radius 1 is 1.39 bits per heavy atom. The summed E-state index contributed by atoms with van der Waals surface area (Å²) in [4.78, 5) is 10.7. The Labute approximate surface area is 102 Å². The predicted molar refractivity (Wildman–Crippen MR) is 60.9 cm³/mol. The number of carboxylic acid groups (broad SMARTS) is 1. The van der Waals surface area contributed by atoms with Gasteiger partial charge in [-0.25, -0.2) is 4.79 Å². The van der Waals surface area contributed by atoms with Gasteiger partial charge in [0.2, 0.25) is 6.79 Å². The molecule has 2 aromatic rings. The van der Waals surface area contributed by atoms with Crippen LogP contribution in [0.1, 0.15) is 15.9 Å². The largest absolute Gasteiger partial charge is 0.478 e. The second-order valence-electron chi connectivity index (χ2n) is 3.92. The van der Waals surface area contributed by atoms with E-state index in [0.29, 0.717) is 12.3 Å². The number of benzene rings is 1. The van der Waals surface area contributed by atoms with E-state index in [1.807, 2.05) is 18.2 Å². The van der Waals surface area contributed by atoms with E-state index in [4.69, 9.17) is 14.6 Å². The Kier molecular flexibility index (Phi) is 2.40. The van der Waals surface area contributed by atoms with Gasteiger partial charge in [-0.1, -0.05) is 6.07 Å². The van der Waals surface area contributed by atoms with E-state index >= 15 is 0 Å². The predicted octanol–water partition coefficient (Wildman–Crippen LogP) is 1.36. The Morgan fingerprint density at radius 2 is 2.22 bits per heavy atom. The SMILES string of the molecule is O=C(O)c1cnn(Cc2ccc3c(c2)OCO3)c1. The number of ether oxygens (including phenoxy) is 2. The minimum absolute atomic E-state index is 0.177.